The molecule has 1 saturated carbocycles. The quantitative estimate of drug-likeness (QED) is 0.448. The van der Waals surface area contributed by atoms with Gasteiger partial charge in [0.1, 0.15) is 5.75 Å². The van der Waals surface area contributed by atoms with Crippen LogP contribution in [-0.4, -0.2) is 11.7 Å². The van der Waals surface area contributed by atoms with Crippen molar-refractivity contribution in [2.75, 3.05) is 7.11 Å². The summed E-state index contributed by atoms with van der Waals surface area (Å²) in [5, 5.41) is 2.25. The van der Waals surface area contributed by atoms with Crippen molar-refractivity contribution in [3.8, 4) is 17.0 Å². The summed E-state index contributed by atoms with van der Waals surface area (Å²) in [5.41, 5.74) is 3.50. The number of nitrogens with zero attached hydrogens (tertiary/aromatic N) is 2. The second-order valence-electron chi connectivity index (χ2n) is 6.74. The van der Waals surface area contributed by atoms with Crippen molar-refractivity contribution >= 4 is 34.0 Å². The Labute approximate surface area is 175 Å². The van der Waals surface area contributed by atoms with Gasteiger partial charge in [0.15, 0.2) is 4.80 Å². The summed E-state index contributed by atoms with van der Waals surface area (Å²) in [6.07, 6.45) is 6.44. The maximum atomic E-state index is 5.31. The molecule has 0 radical (unpaired) electrons. The highest BCUT2D eigenvalue weighted by Crippen LogP contribution is 2.33. The summed E-state index contributed by atoms with van der Waals surface area (Å²) in [5.74, 6) is 0.891. The summed E-state index contributed by atoms with van der Waals surface area (Å²) in [4.78, 5) is 6.04. The zero-order valence-electron chi connectivity index (χ0n) is 15.5. The fourth-order valence-corrected chi connectivity index (χ4v) is 4.67. The maximum Gasteiger partial charge on any atom is 0.190 e. The molecule has 1 aliphatic carbocycles. The van der Waals surface area contributed by atoms with E-state index in [9.17, 15) is 0 Å². The van der Waals surface area contributed by atoms with Gasteiger partial charge < -0.3 is 9.30 Å². The molecule has 2 aromatic carbocycles. The van der Waals surface area contributed by atoms with E-state index in [4.69, 9.17) is 9.73 Å². The van der Waals surface area contributed by atoms with Crippen LogP contribution >= 0.6 is 28.3 Å². The highest BCUT2D eigenvalue weighted by atomic mass is 79.9. The first kappa shape index (κ1) is 19.9. The van der Waals surface area contributed by atoms with Crippen molar-refractivity contribution < 1.29 is 4.74 Å². The lowest BCUT2D eigenvalue weighted by molar-refractivity contribution is 0.351. The third-order valence-electron chi connectivity index (χ3n) is 5.05. The van der Waals surface area contributed by atoms with E-state index >= 15 is 0 Å². The van der Waals surface area contributed by atoms with Crippen LogP contribution in [0.2, 0.25) is 0 Å². The maximum absolute atomic E-state index is 5.31. The zero-order chi connectivity index (χ0) is 17.8. The van der Waals surface area contributed by atoms with Crippen LogP contribution in [0.25, 0.3) is 11.3 Å². The van der Waals surface area contributed by atoms with Gasteiger partial charge in [0.25, 0.3) is 0 Å². The van der Waals surface area contributed by atoms with Crippen LogP contribution in [0.1, 0.15) is 38.1 Å². The number of ether oxygens (including phenoxy) is 1. The van der Waals surface area contributed by atoms with E-state index in [0.29, 0.717) is 6.04 Å². The predicted molar refractivity (Wildman–Crippen MR) is 118 cm³/mol. The molecule has 142 valence electrons. The summed E-state index contributed by atoms with van der Waals surface area (Å²) in [6, 6.07) is 19.2. The van der Waals surface area contributed by atoms with E-state index in [2.05, 4.69) is 34.2 Å². The molecule has 5 heteroatoms. The summed E-state index contributed by atoms with van der Waals surface area (Å²) < 4.78 is 7.78. The van der Waals surface area contributed by atoms with Gasteiger partial charge in [-0.05, 0) is 54.8 Å². The summed E-state index contributed by atoms with van der Waals surface area (Å²) in [7, 11) is 1.71. The van der Waals surface area contributed by atoms with E-state index in [1.54, 1.807) is 18.4 Å². The second kappa shape index (κ2) is 9.38. The number of rotatable bonds is 4. The van der Waals surface area contributed by atoms with Crippen molar-refractivity contribution in [3.05, 3.63) is 64.8 Å². The van der Waals surface area contributed by atoms with Gasteiger partial charge in [-0.2, -0.15) is 0 Å². The smallest absolute Gasteiger partial charge is 0.190 e. The molecule has 3 nitrogen and oxygen atoms in total. The van der Waals surface area contributed by atoms with Crippen molar-refractivity contribution in [2.45, 2.75) is 38.1 Å². The minimum atomic E-state index is 0. The molecule has 1 aromatic heterocycles. The average Bonchev–Trinajstić information content (AvgIpc) is 3.13. The molecule has 0 spiro atoms. The van der Waals surface area contributed by atoms with Crippen LogP contribution in [-0.2, 0) is 0 Å². The SMILES string of the molecule is Br.COc1ccc(-c2csc(=Nc3ccccc3)n2C2CCCCC2)cc1. The van der Waals surface area contributed by atoms with Crippen LogP contribution in [0.3, 0.4) is 0 Å². The molecule has 0 aliphatic heterocycles. The van der Waals surface area contributed by atoms with Gasteiger partial charge in [0.2, 0.25) is 0 Å². The average molecular weight is 445 g/mol. The Morgan fingerprint density at radius 1 is 0.963 bits per heavy atom. The first-order chi connectivity index (χ1) is 12.8. The van der Waals surface area contributed by atoms with E-state index < -0.39 is 0 Å². The molecule has 1 aliphatic rings. The fraction of sp³-hybridized carbons (Fsp3) is 0.318. The zero-order valence-corrected chi connectivity index (χ0v) is 18.0. The van der Waals surface area contributed by atoms with E-state index in [-0.39, 0.29) is 17.0 Å². The second-order valence-corrected chi connectivity index (χ2v) is 7.58. The molecule has 27 heavy (non-hydrogen) atoms. The predicted octanol–water partition coefficient (Wildman–Crippen LogP) is 6.54. The van der Waals surface area contributed by atoms with Gasteiger partial charge in [0.05, 0.1) is 18.5 Å². The van der Waals surface area contributed by atoms with Crippen LogP contribution in [0, 0.1) is 0 Å². The largest absolute Gasteiger partial charge is 0.497 e. The highest BCUT2D eigenvalue weighted by molar-refractivity contribution is 8.93. The molecule has 0 N–H and O–H groups in total. The lowest BCUT2D eigenvalue weighted by atomic mass is 9.95. The number of halogens is 1. The van der Waals surface area contributed by atoms with E-state index in [1.807, 2.05) is 30.3 Å². The number of aromatic nitrogens is 1. The van der Waals surface area contributed by atoms with Gasteiger partial charge in [-0.1, -0.05) is 37.5 Å². The normalized spacial score (nSPS) is 15.4. The lowest BCUT2D eigenvalue weighted by Gasteiger charge is -2.25. The molecule has 0 amide bonds. The third kappa shape index (κ3) is 4.53. The summed E-state index contributed by atoms with van der Waals surface area (Å²) in [6.45, 7) is 0. The Morgan fingerprint density at radius 3 is 2.33 bits per heavy atom. The lowest BCUT2D eigenvalue weighted by Crippen LogP contribution is -2.23. The van der Waals surface area contributed by atoms with Crippen molar-refractivity contribution in [3.63, 3.8) is 0 Å². The van der Waals surface area contributed by atoms with E-state index in [0.717, 1.165) is 16.2 Å². The standard InChI is InChI=1S/C22H24N2OS.BrH/c1-25-20-14-12-17(13-15-20)21-16-26-22(23-18-8-4-2-5-9-18)24(21)19-10-6-3-7-11-19;/h2,4-5,8-9,12-16,19H,3,6-7,10-11H2,1H3;1H. The number of hydrogen-bond donors (Lipinski definition) is 0. The molecule has 0 atom stereocenters. The number of thiazole rings is 1. The van der Waals surface area contributed by atoms with Gasteiger partial charge in [-0.3, -0.25) is 0 Å². The van der Waals surface area contributed by atoms with Gasteiger partial charge in [-0.25, -0.2) is 4.99 Å². The number of benzene rings is 2. The number of para-hydroxylation sites is 1. The summed E-state index contributed by atoms with van der Waals surface area (Å²) >= 11 is 1.73. The van der Waals surface area contributed by atoms with Crippen molar-refractivity contribution in [1.82, 2.24) is 4.57 Å². The third-order valence-corrected chi connectivity index (χ3v) is 5.89. The van der Waals surface area contributed by atoms with Gasteiger partial charge in [0, 0.05) is 11.4 Å². The Bertz CT molecular complexity index is 909. The van der Waals surface area contributed by atoms with Crippen molar-refractivity contribution in [2.24, 2.45) is 4.99 Å². The van der Waals surface area contributed by atoms with Gasteiger partial charge >= 0.3 is 0 Å². The van der Waals surface area contributed by atoms with Crippen LogP contribution in [0.15, 0.2) is 65.0 Å². The molecule has 1 fully saturated rings. The first-order valence-corrected chi connectivity index (χ1v) is 10.2. The molecule has 0 unspecified atom stereocenters. The number of hydrogen-bond acceptors (Lipinski definition) is 3. The van der Waals surface area contributed by atoms with E-state index in [1.165, 1.54) is 43.4 Å². The molecule has 0 saturated heterocycles. The molecular weight excluding hydrogens is 420 g/mol. The van der Waals surface area contributed by atoms with Crippen LogP contribution < -0.4 is 9.54 Å². The Morgan fingerprint density at radius 2 is 1.67 bits per heavy atom. The van der Waals surface area contributed by atoms with Crippen LogP contribution in [0.4, 0.5) is 5.69 Å². The van der Waals surface area contributed by atoms with Crippen molar-refractivity contribution in [1.29, 1.82) is 0 Å². The minimum Gasteiger partial charge on any atom is -0.497 e. The topological polar surface area (TPSA) is 26.5 Å². The Kier molecular flexibility index (Phi) is 6.91. The monoisotopic (exact) mass is 444 g/mol. The first-order valence-electron chi connectivity index (χ1n) is 9.29. The Hall–Kier alpha value is -1.85. The highest BCUT2D eigenvalue weighted by Gasteiger charge is 2.20. The molecule has 4 rings (SSSR count). The fourth-order valence-electron chi connectivity index (χ4n) is 3.68. The van der Waals surface area contributed by atoms with Gasteiger partial charge in [-0.15, -0.1) is 28.3 Å². The molecule has 1 heterocycles. The molecule has 0 bridgehead atoms. The van der Waals surface area contributed by atoms with Crippen LogP contribution in [0.5, 0.6) is 5.75 Å². The minimum absolute atomic E-state index is 0. The molecular formula is C22H25BrN2OS. The Balaban J connectivity index is 0.00000210. The molecule has 3 aromatic rings. The number of methoxy groups -OCH3 is 1.